The first-order valence-electron chi connectivity index (χ1n) is 7.27. The number of aromatic nitrogens is 1. The van der Waals surface area contributed by atoms with Crippen molar-refractivity contribution in [2.45, 2.75) is 25.9 Å². The molecule has 3 rings (SSSR count). The molecule has 0 spiro atoms. The van der Waals surface area contributed by atoms with Crippen LogP contribution in [0.4, 0.5) is 5.82 Å². The third kappa shape index (κ3) is 2.83. The Morgan fingerprint density at radius 2 is 2.00 bits per heavy atom. The van der Waals surface area contributed by atoms with E-state index in [0.29, 0.717) is 0 Å². The Bertz CT molecular complexity index is 580. The lowest BCUT2D eigenvalue weighted by atomic mass is 10.0. The van der Waals surface area contributed by atoms with E-state index in [1.807, 2.05) is 19.3 Å². The smallest absolute Gasteiger partial charge is 0.130 e. The molecule has 0 atom stereocenters. The van der Waals surface area contributed by atoms with Gasteiger partial charge in [-0.2, -0.15) is 0 Å². The van der Waals surface area contributed by atoms with Gasteiger partial charge < -0.3 is 5.32 Å². The van der Waals surface area contributed by atoms with Crippen molar-refractivity contribution in [1.82, 2.24) is 9.88 Å². The summed E-state index contributed by atoms with van der Waals surface area (Å²) < 4.78 is 0. The van der Waals surface area contributed by atoms with Crippen molar-refractivity contribution in [3.05, 3.63) is 59.3 Å². The van der Waals surface area contributed by atoms with Gasteiger partial charge in [0.1, 0.15) is 5.82 Å². The fourth-order valence-electron chi connectivity index (χ4n) is 2.94. The lowest BCUT2D eigenvalue weighted by molar-refractivity contribution is 0.261. The summed E-state index contributed by atoms with van der Waals surface area (Å²) in [6, 6.07) is 13.0. The Hall–Kier alpha value is -1.87. The molecule has 0 aliphatic carbocycles. The van der Waals surface area contributed by atoms with Crippen molar-refractivity contribution in [2.75, 3.05) is 18.9 Å². The Morgan fingerprint density at radius 1 is 1.15 bits per heavy atom. The molecule has 0 fully saturated rings. The van der Waals surface area contributed by atoms with E-state index in [-0.39, 0.29) is 0 Å². The molecule has 1 N–H and O–H groups in total. The molecule has 0 radical (unpaired) electrons. The summed E-state index contributed by atoms with van der Waals surface area (Å²) in [5.74, 6) is 0.991. The van der Waals surface area contributed by atoms with Crippen LogP contribution in [0, 0.1) is 0 Å². The van der Waals surface area contributed by atoms with E-state index in [0.717, 1.165) is 25.5 Å². The maximum atomic E-state index is 4.39. The molecule has 2 heterocycles. The molecule has 0 saturated carbocycles. The molecule has 1 aliphatic heterocycles. The second kappa shape index (κ2) is 6.06. The first-order valence-corrected chi connectivity index (χ1v) is 7.27. The lowest BCUT2D eigenvalue weighted by Crippen LogP contribution is -2.23. The molecule has 0 bridgehead atoms. The number of hydrogen-bond acceptors (Lipinski definition) is 3. The Balaban J connectivity index is 1.78. The number of fused-ring (bicyclic) bond motifs is 1. The molecule has 1 aromatic carbocycles. The van der Waals surface area contributed by atoms with Crippen LogP contribution in [0.25, 0.3) is 0 Å². The molecule has 1 aromatic heterocycles. The standard InChI is InChI=1S/C17H21N3/c1-18-17-16(8-4-10-19-17)13-20-11-5-9-14-6-2-3-7-15(14)12-20/h2-4,6-8,10H,5,9,11-13H2,1H3,(H,18,19). The largest absolute Gasteiger partial charge is 0.373 e. The zero-order chi connectivity index (χ0) is 13.8. The second-order valence-corrected chi connectivity index (χ2v) is 5.34. The maximum absolute atomic E-state index is 4.39. The van der Waals surface area contributed by atoms with Gasteiger partial charge in [0.15, 0.2) is 0 Å². The number of nitrogens with zero attached hydrogens (tertiary/aromatic N) is 2. The fraction of sp³-hybridized carbons (Fsp3) is 0.353. The van der Waals surface area contributed by atoms with Gasteiger partial charge >= 0.3 is 0 Å². The van der Waals surface area contributed by atoms with Gasteiger partial charge in [-0.1, -0.05) is 30.3 Å². The normalized spacial score (nSPS) is 15.4. The predicted octanol–water partition coefficient (Wildman–Crippen LogP) is 3.07. The van der Waals surface area contributed by atoms with Gasteiger partial charge in [0.05, 0.1) is 0 Å². The van der Waals surface area contributed by atoms with Crippen molar-refractivity contribution in [3.63, 3.8) is 0 Å². The van der Waals surface area contributed by atoms with Gasteiger partial charge in [0.25, 0.3) is 0 Å². The fourth-order valence-corrected chi connectivity index (χ4v) is 2.94. The first kappa shape index (κ1) is 13.1. The Morgan fingerprint density at radius 3 is 2.85 bits per heavy atom. The van der Waals surface area contributed by atoms with Crippen molar-refractivity contribution in [2.24, 2.45) is 0 Å². The third-order valence-electron chi connectivity index (χ3n) is 3.95. The second-order valence-electron chi connectivity index (χ2n) is 5.34. The monoisotopic (exact) mass is 267 g/mol. The third-order valence-corrected chi connectivity index (χ3v) is 3.95. The molecular formula is C17H21N3. The topological polar surface area (TPSA) is 28.2 Å². The number of anilines is 1. The van der Waals surface area contributed by atoms with E-state index in [1.54, 1.807) is 0 Å². The summed E-state index contributed by atoms with van der Waals surface area (Å²) >= 11 is 0. The SMILES string of the molecule is CNc1ncccc1CN1CCCc2ccccc2C1. The van der Waals surface area contributed by atoms with Gasteiger partial charge in [-0.3, -0.25) is 4.90 Å². The van der Waals surface area contributed by atoms with E-state index in [2.05, 4.69) is 45.5 Å². The minimum absolute atomic E-state index is 0.957. The quantitative estimate of drug-likeness (QED) is 0.926. The highest BCUT2D eigenvalue weighted by atomic mass is 15.1. The molecule has 0 saturated heterocycles. The molecule has 3 heteroatoms. The van der Waals surface area contributed by atoms with Crippen LogP contribution in [0.3, 0.4) is 0 Å². The summed E-state index contributed by atoms with van der Waals surface area (Å²) in [7, 11) is 1.93. The molecule has 0 amide bonds. The average Bonchev–Trinajstić information content (AvgIpc) is 2.69. The summed E-state index contributed by atoms with van der Waals surface area (Å²) in [5.41, 5.74) is 4.25. The number of aryl methyl sites for hydroxylation is 1. The molecule has 0 unspecified atom stereocenters. The van der Waals surface area contributed by atoms with Crippen LogP contribution in [0.2, 0.25) is 0 Å². The van der Waals surface area contributed by atoms with E-state index in [9.17, 15) is 0 Å². The molecule has 104 valence electrons. The van der Waals surface area contributed by atoms with Crippen LogP contribution >= 0.6 is 0 Å². The summed E-state index contributed by atoms with van der Waals surface area (Å²) in [5, 5.41) is 3.18. The highest BCUT2D eigenvalue weighted by Crippen LogP contribution is 2.21. The van der Waals surface area contributed by atoms with E-state index >= 15 is 0 Å². The van der Waals surface area contributed by atoms with Gasteiger partial charge in [0.2, 0.25) is 0 Å². The van der Waals surface area contributed by atoms with Gasteiger partial charge in [-0.05, 0) is 36.6 Å². The number of benzene rings is 1. The van der Waals surface area contributed by atoms with Crippen LogP contribution in [-0.2, 0) is 19.5 Å². The van der Waals surface area contributed by atoms with E-state index < -0.39 is 0 Å². The summed E-state index contributed by atoms with van der Waals surface area (Å²) in [6.07, 6.45) is 4.26. The first-order chi connectivity index (χ1) is 9.86. The van der Waals surface area contributed by atoms with Gasteiger partial charge in [-0.25, -0.2) is 4.98 Å². The summed E-state index contributed by atoms with van der Waals surface area (Å²) in [6.45, 7) is 3.14. The van der Waals surface area contributed by atoms with Crippen molar-refractivity contribution in [1.29, 1.82) is 0 Å². The highest BCUT2D eigenvalue weighted by Gasteiger charge is 2.15. The van der Waals surface area contributed by atoms with Crippen molar-refractivity contribution in [3.8, 4) is 0 Å². The zero-order valence-electron chi connectivity index (χ0n) is 12.0. The highest BCUT2D eigenvalue weighted by molar-refractivity contribution is 5.43. The molecule has 3 nitrogen and oxygen atoms in total. The van der Waals surface area contributed by atoms with Gasteiger partial charge in [-0.15, -0.1) is 0 Å². The predicted molar refractivity (Wildman–Crippen MR) is 82.7 cm³/mol. The summed E-state index contributed by atoms with van der Waals surface area (Å²) in [4.78, 5) is 6.91. The van der Waals surface area contributed by atoms with Gasteiger partial charge in [0, 0.05) is 31.9 Å². The minimum atomic E-state index is 0.957. The number of pyridine rings is 1. The number of nitrogens with one attached hydrogen (secondary N) is 1. The Kier molecular flexibility index (Phi) is 3.97. The lowest BCUT2D eigenvalue weighted by Gasteiger charge is -2.21. The average molecular weight is 267 g/mol. The van der Waals surface area contributed by atoms with Crippen LogP contribution in [0.1, 0.15) is 23.1 Å². The number of rotatable bonds is 3. The minimum Gasteiger partial charge on any atom is -0.373 e. The molecule has 20 heavy (non-hydrogen) atoms. The van der Waals surface area contributed by atoms with E-state index in [4.69, 9.17) is 0 Å². The Labute approximate surface area is 120 Å². The zero-order valence-corrected chi connectivity index (χ0v) is 12.0. The van der Waals surface area contributed by atoms with Crippen molar-refractivity contribution < 1.29 is 0 Å². The molecule has 2 aromatic rings. The maximum Gasteiger partial charge on any atom is 0.130 e. The van der Waals surface area contributed by atoms with Crippen LogP contribution < -0.4 is 5.32 Å². The molecular weight excluding hydrogens is 246 g/mol. The van der Waals surface area contributed by atoms with Crippen LogP contribution in [0.5, 0.6) is 0 Å². The van der Waals surface area contributed by atoms with Crippen molar-refractivity contribution >= 4 is 5.82 Å². The number of hydrogen-bond donors (Lipinski definition) is 1. The molecule has 1 aliphatic rings. The van der Waals surface area contributed by atoms with E-state index in [1.165, 1.54) is 29.5 Å². The van der Waals surface area contributed by atoms with Crippen LogP contribution in [0.15, 0.2) is 42.6 Å². The van der Waals surface area contributed by atoms with Crippen LogP contribution in [-0.4, -0.2) is 23.5 Å².